The summed E-state index contributed by atoms with van der Waals surface area (Å²) in [7, 11) is 0. The molecule has 1 atom stereocenters. The third kappa shape index (κ3) is 5.42. The van der Waals surface area contributed by atoms with E-state index in [4.69, 9.17) is 39.4 Å². The van der Waals surface area contributed by atoms with E-state index in [2.05, 4.69) is 9.98 Å². The number of aliphatic imine (C=N–C) groups is 2. The van der Waals surface area contributed by atoms with Crippen molar-refractivity contribution in [3.8, 4) is 5.75 Å². The number of guanidine groups is 2. The van der Waals surface area contributed by atoms with Crippen LogP contribution < -0.4 is 16.2 Å². The summed E-state index contributed by atoms with van der Waals surface area (Å²) in [6.45, 7) is 1.07. The Morgan fingerprint density at radius 3 is 2.52 bits per heavy atom. The molecule has 144 valence electrons. The second kappa shape index (κ2) is 9.69. The van der Waals surface area contributed by atoms with Gasteiger partial charge in [-0.2, -0.15) is 4.99 Å². The summed E-state index contributed by atoms with van der Waals surface area (Å²) in [6.07, 6.45) is 0.404. The fraction of sp³-hybridized carbons (Fsp3) is 0.222. The molecule has 1 heterocycles. The molecule has 0 fully saturated rings. The molecule has 2 aromatic rings. The lowest BCUT2D eigenvalue weighted by Gasteiger charge is -2.32. The summed E-state index contributed by atoms with van der Waals surface area (Å²) in [5.74, 6) is 1.12. The molecule has 0 saturated carbocycles. The topological polar surface area (TPSA) is 89.2 Å². The maximum absolute atomic E-state index is 6.11. The Kier molecular flexibility index (Phi) is 7.59. The molecule has 27 heavy (non-hydrogen) atoms. The van der Waals surface area contributed by atoms with Crippen molar-refractivity contribution in [2.45, 2.75) is 12.6 Å². The Hall–Kier alpha value is -2.15. The Morgan fingerprint density at radius 1 is 1.07 bits per heavy atom. The fourth-order valence-corrected chi connectivity index (χ4v) is 3.12. The summed E-state index contributed by atoms with van der Waals surface area (Å²) < 4.78 is 5.72. The number of ether oxygens (including phenoxy) is 1. The minimum Gasteiger partial charge on any atom is -0.492 e. The van der Waals surface area contributed by atoms with Crippen molar-refractivity contribution in [1.82, 2.24) is 4.90 Å². The zero-order chi connectivity index (χ0) is 18.5. The van der Waals surface area contributed by atoms with Crippen LogP contribution in [0.5, 0.6) is 5.75 Å². The molecule has 9 heteroatoms. The highest BCUT2D eigenvalue weighted by atomic mass is 35.5. The molecule has 0 amide bonds. The highest BCUT2D eigenvalue weighted by molar-refractivity contribution is 6.35. The second-order valence-corrected chi connectivity index (χ2v) is 6.56. The number of rotatable bonds is 6. The van der Waals surface area contributed by atoms with Crippen LogP contribution in [0.4, 0.5) is 0 Å². The number of halogens is 3. The smallest absolute Gasteiger partial charge is 0.220 e. The van der Waals surface area contributed by atoms with Crippen LogP contribution in [0.25, 0.3) is 0 Å². The molecule has 0 spiro atoms. The molecule has 1 unspecified atom stereocenters. The molecular formula is C18H20Cl3N5O. The van der Waals surface area contributed by atoms with Crippen LogP contribution in [0.1, 0.15) is 18.2 Å². The molecule has 0 aromatic heterocycles. The first-order chi connectivity index (χ1) is 12.5. The first-order valence-electron chi connectivity index (χ1n) is 8.11. The molecule has 2 aromatic carbocycles. The average molecular weight is 429 g/mol. The number of hydrogen-bond acceptors (Lipinski definition) is 6. The van der Waals surface area contributed by atoms with Gasteiger partial charge in [0.1, 0.15) is 5.75 Å². The summed E-state index contributed by atoms with van der Waals surface area (Å²) >= 11 is 12.0. The Balaban J connectivity index is 0.00000261. The summed E-state index contributed by atoms with van der Waals surface area (Å²) in [6, 6.07) is 15.0. The second-order valence-electron chi connectivity index (χ2n) is 5.71. The van der Waals surface area contributed by atoms with Crippen LogP contribution in [0.3, 0.4) is 0 Å². The molecule has 0 saturated heterocycles. The van der Waals surface area contributed by atoms with E-state index >= 15 is 0 Å². The number of nitrogens with two attached hydrogens (primary N) is 2. The molecule has 1 aliphatic heterocycles. The predicted molar refractivity (Wildman–Crippen MR) is 113 cm³/mol. The van der Waals surface area contributed by atoms with E-state index in [0.29, 0.717) is 41.3 Å². The van der Waals surface area contributed by atoms with Crippen LogP contribution in [0, 0.1) is 0 Å². The third-order valence-corrected chi connectivity index (χ3v) is 4.40. The highest BCUT2D eigenvalue weighted by Gasteiger charge is 2.25. The lowest BCUT2D eigenvalue weighted by atomic mass is 10.1. The standard InChI is InChI=1S/C18H19Cl2N5O.ClH/c19-13-7-8-15(14(20)11-13)26-10-4-9-25-16(12-5-2-1-3-6-12)23-17(21)24-18(25)22;/h1-3,5-8,11,16H,4,9-10H2,(H4,21,22,23,24);1H. The first-order valence-corrected chi connectivity index (χ1v) is 8.87. The van der Waals surface area contributed by atoms with Gasteiger partial charge in [0.2, 0.25) is 11.9 Å². The maximum Gasteiger partial charge on any atom is 0.220 e. The van der Waals surface area contributed by atoms with Crippen LogP contribution in [-0.2, 0) is 0 Å². The van der Waals surface area contributed by atoms with E-state index in [-0.39, 0.29) is 24.5 Å². The molecule has 0 bridgehead atoms. The van der Waals surface area contributed by atoms with Crippen molar-refractivity contribution in [3.63, 3.8) is 0 Å². The van der Waals surface area contributed by atoms with Crippen molar-refractivity contribution in [1.29, 1.82) is 0 Å². The van der Waals surface area contributed by atoms with Gasteiger partial charge in [-0.15, -0.1) is 12.4 Å². The van der Waals surface area contributed by atoms with Crippen LogP contribution in [-0.4, -0.2) is 30.0 Å². The van der Waals surface area contributed by atoms with Gasteiger partial charge in [-0.3, -0.25) is 0 Å². The minimum absolute atomic E-state index is 0. The summed E-state index contributed by atoms with van der Waals surface area (Å²) in [5.41, 5.74) is 12.8. The van der Waals surface area contributed by atoms with E-state index in [9.17, 15) is 0 Å². The molecule has 0 aliphatic carbocycles. The van der Waals surface area contributed by atoms with E-state index in [1.165, 1.54) is 0 Å². The number of benzene rings is 2. The van der Waals surface area contributed by atoms with Gasteiger partial charge in [-0.25, -0.2) is 4.99 Å². The Bertz CT molecular complexity index is 829. The lowest BCUT2D eigenvalue weighted by Crippen LogP contribution is -2.44. The van der Waals surface area contributed by atoms with Crippen molar-refractivity contribution in [2.24, 2.45) is 21.5 Å². The Labute approximate surface area is 174 Å². The normalized spacial score (nSPS) is 16.2. The van der Waals surface area contributed by atoms with Crippen LogP contribution >= 0.6 is 35.6 Å². The highest BCUT2D eigenvalue weighted by Crippen LogP contribution is 2.28. The van der Waals surface area contributed by atoms with Gasteiger partial charge in [0.15, 0.2) is 6.17 Å². The number of hydrogen-bond donors (Lipinski definition) is 2. The average Bonchev–Trinajstić information content (AvgIpc) is 2.62. The minimum atomic E-state index is -0.298. The SMILES string of the molecule is Cl.NC1=NC(c2ccccc2)N(CCCOc2ccc(Cl)cc2Cl)C(N)=N1. The molecular weight excluding hydrogens is 409 g/mol. The molecule has 1 aliphatic rings. The molecule has 4 N–H and O–H groups in total. The Morgan fingerprint density at radius 2 is 1.81 bits per heavy atom. The zero-order valence-corrected chi connectivity index (χ0v) is 16.7. The van der Waals surface area contributed by atoms with Gasteiger partial charge in [0.25, 0.3) is 0 Å². The van der Waals surface area contributed by atoms with E-state index in [1.54, 1.807) is 18.2 Å². The third-order valence-electron chi connectivity index (χ3n) is 3.87. The number of nitrogens with zero attached hydrogens (tertiary/aromatic N) is 3. The first kappa shape index (κ1) is 21.2. The molecule has 3 rings (SSSR count). The monoisotopic (exact) mass is 427 g/mol. The van der Waals surface area contributed by atoms with Crippen LogP contribution in [0.2, 0.25) is 10.0 Å². The molecule has 6 nitrogen and oxygen atoms in total. The van der Waals surface area contributed by atoms with Crippen LogP contribution in [0.15, 0.2) is 58.5 Å². The predicted octanol–water partition coefficient (Wildman–Crippen LogP) is 3.83. The van der Waals surface area contributed by atoms with Gasteiger partial charge in [0, 0.05) is 11.6 Å². The van der Waals surface area contributed by atoms with Gasteiger partial charge in [0.05, 0.1) is 11.6 Å². The van der Waals surface area contributed by atoms with Crippen molar-refractivity contribution < 1.29 is 4.74 Å². The maximum atomic E-state index is 6.11. The largest absolute Gasteiger partial charge is 0.492 e. The van der Waals surface area contributed by atoms with Gasteiger partial charge < -0.3 is 21.1 Å². The van der Waals surface area contributed by atoms with Crippen molar-refractivity contribution in [2.75, 3.05) is 13.2 Å². The van der Waals surface area contributed by atoms with Gasteiger partial charge in [-0.1, -0.05) is 53.5 Å². The summed E-state index contributed by atoms with van der Waals surface area (Å²) in [5, 5.41) is 1.05. The fourth-order valence-electron chi connectivity index (χ4n) is 2.66. The van der Waals surface area contributed by atoms with E-state index in [0.717, 1.165) is 5.56 Å². The quantitative estimate of drug-likeness (QED) is 0.684. The van der Waals surface area contributed by atoms with Crippen molar-refractivity contribution >= 4 is 47.5 Å². The lowest BCUT2D eigenvalue weighted by molar-refractivity contribution is 0.258. The molecule has 0 radical (unpaired) electrons. The summed E-state index contributed by atoms with van der Waals surface area (Å²) in [4.78, 5) is 10.4. The zero-order valence-electron chi connectivity index (χ0n) is 14.4. The van der Waals surface area contributed by atoms with Gasteiger partial charge in [-0.05, 0) is 30.2 Å². The van der Waals surface area contributed by atoms with E-state index in [1.807, 2.05) is 35.2 Å². The van der Waals surface area contributed by atoms with E-state index < -0.39 is 0 Å². The van der Waals surface area contributed by atoms with Crippen molar-refractivity contribution in [3.05, 3.63) is 64.1 Å². The van der Waals surface area contributed by atoms with Gasteiger partial charge >= 0.3 is 0 Å².